The van der Waals surface area contributed by atoms with Crippen molar-refractivity contribution in [1.29, 1.82) is 0 Å². The lowest BCUT2D eigenvalue weighted by atomic mass is 10.1. The molecule has 3 aromatic carbocycles. The normalized spacial score (nSPS) is 15.8. The van der Waals surface area contributed by atoms with E-state index in [9.17, 15) is 13.2 Å². The second-order valence-corrected chi connectivity index (χ2v) is 8.64. The van der Waals surface area contributed by atoms with Gasteiger partial charge in [-0.2, -0.15) is 0 Å². The maximum absolute atomic E-state index is 12.7. The highest BCUT2D eigenvalue weighted by molar-refractivity contribution is 7.92. The van der Waals surface area contributed by atoms with Gasteiger partial charge >= 0.3 is 0 Å². The van der Waals surface area contributed by atoms with E-state index < -0.39 is 16.1 Å². The summed E-state index contributed by atoms with van der Waals surface area (Å²) in [5, 5.41) is 2.79. The maximum atomic E-state index is 12.7. The molecule has 0 aliphatic carbocycles. The van der Waals surface area contributed by atoms with Crippen LogP contribution in [0.2, 0.25) is 0 Å². The lowest BCUT2D eigenvalue weighted by Crippen LogP contribution is -2.30. The first-order chi connectivity index (χ1) is 13.8. The molecule has 1 amide bonds. The molecule has 1 atom stereocenters. The van der Waals surface area contributed by atoms with E-state index in [0.717, 1.165) is 16.7 Å². The number of fused-ring (bicyclic) bond motifs is 1. The molecule has 0 radical (unpaired) electrons. The van der Waals surface area contributed by atoms with Gasteiger partial charge in [-0.25, -0.2) is 8.42 Å². The van der Waals surface area contributed by atoms with Crippen molar-refractivity contribution in [2.24, 2.45) is 0 Å². The highest BCUT2D eigenvalue weighted by atomic mass is 32.2. The Bertz CT molecular complexity index is 1190. The molecule has 0 aromatic heterocycles. The van der Waals surface area contributed by atoms with Crippen LogP contribution in [0.25, 0.3) is 0 Å². The van der Waals surface area contributed by atoms with Gasteiger partial charge in [0, 0.05) is 5.56 Å². The molecule has 0 spiro atoms. The van der Waals surface area contributed by atoms with Crippen molar-refractivity contribution in [3.63, 3.8) is 0 Å². The first-order valence-electron chi connectivity index (χ1n) is 9.10. The standard InChI is InChI=1S/C22H20N2O4S/c1-14-8-10-18(12-15(14)2)29(26,27)24-17-9-11-20-19(13-17)23-22(25)21(28-20)16-6-4-3-5-7-16/h3-13,21,24H,1-2H3,(H,23,25). The van der Waals surface area contributed by atoms with Crippen molar-refractivity contribution < 1.29 is 17.9 Å². The van der Waals surface area contributed by atoms with Crippen molar-refractivity contribution >= 4 is 27.3 Å². The molecule has 1 aliphatic heterocycles. The van der Waals surface area contributed by atoms with Crippen LogP contribution in [-0.2, 0) is 14.8 Å². The van der Waals surface area contributed by atoms with E-state index in [2.05, 4.69) is 10.0 Å². The molecule has 29 heavy (non-hydrogen) atoms. The van der Waals surface area contributed by atoms with Crippen molar-refractivity contribution in [3.05, 3.63) is 83.4 Å². The Kier molecular flexibility index (Phi) is 4.76. The summed E-state index contributed by atoms with van der Waals surface area (Å²) in [5.41, 5.74) is 3.41. The largest absolute Gasteiger partial charge is 0.474 e. The minimum absolute atomic E-state index is 0.183. The van der Waals surface area contributed by atoms with Gasteiger partial charge in [-0.3, -0.25) is 9.52 Å². The molecule has 4 rings (SSSR count). The first kappa shape index (κ1) is 19.0. The molecule has 0 fully saturated rings. The summed E-state index contributed by atoms with van der Waals surface area (Å²) in [6.45, 7) is 3.79. The molecule has 1 heterocycles. The van der Waals surface area contributed by atoms with E-state index in [0.29, 0.717) is 17.1 Å². The van der Waals surface area contributed by atoms with Crippen LogP contribution in [0.4, 0.5) is 11.4 Å². The van der Waals surface area contributed by atoms with Crippen LogP contribution in [0.3, 0.4) is 0 Å². The van der Waals surface area contributed by atoms with E-state index in [1.54, 1.807) is 36.4 Å². The van der Waals surface area contributed by atoms with Gasteiger partial charge in [0.2, 0.25) is 6.10 Å². The Balaban J connectivity index is 1.58. The number of amides is 1. The van der Waals surface area contributed by atoms with Gasteiger partial charge in [0.25, 0.3) is 15.9 Å². The zero-order valence-electron chi connectivity index (χ0n) is 16.0. The summed E-state index contributed by atoms with van der Waals surface area (Å²) in [4.78, 5) is 12.7. The highest BCUT2D eigenvalue weighted by Gasteiger charge is 2.29. The molecule has 3 aromatic rings. The Morgan fingerprint density at radius 1 is 0.931 bits per heavy atom. The van der Waals surface area contributed by atoms with Gasteiger partial charge in [0.05, 0.1) is 16.3 Å². The number of carbonyl (C=O) groups excluding carboxylic acids is 1. The van der Waals surface area contributed by atoms with Crippen LogP contribution in [0.1, 0.15) is 22.8 Å². The van der Waals surface area contributed by atoms with Crippen molar-refractivity contribution in [3.8, 4) is 5.75 Å². The second-order valence-electron chi connectivity index (χ2n) is 6.96. The Morgan fingerprint density at radius 3 is 2.41 bits per heavy atom. The zero-order chi connectivity index (χ0) is 20.6. The molecule has 0 saturated carbocycles. The molecule has 1 unspecified atom stereocenters. The third-order valence-corrected chi connectivity index (χ3v) is 6.24. The number of aryl methyl sites for hydroxylation is 2. The van der Waals surface area contributed by atoms with Crippen LogP contribution in [-0.4, -0.2) is 14.3 Å². The summed E-state index contributed by atoms with van der Waals surface area (Å²) in [7, 11) is -3.75. The third-order valence-electron chi connectivity index (χ3n) is 4.86. The number of hydrogen-bond acceptors (Lipinski definition) is 4. The number of ether oxygens (including phenoxy) is 1. The van der Waals surface area contributed by atoms with Gasteiger partial charge in [0.15, 0.2) is 0 Å². The lowest BCUT2D eigenvalue weighted by Gasteiger charge is -2.26. The van der Waals surface area contributed by atoms with E-state index in [1.165, 1.54) is 0 Å². The number of hydrogen-bond donors (Lipinski definition) is 2. The summed E-state index contributed by atoms with van der Waals surface area (Å²) < 4.78 is 33.8. The predicted molar refractivity (Wildman–Crippen MR) is 112 cm³/mol. The van der Waals surface area contributed by atoms with Crippen molar-refractivity contribution in [1.82, 2.24) is 0 Å². The molecular formula is C22H20N2O4S. The van der Waals surface area contributed by atoms with Gasteiger partial charge in [-0.15, -0.1) is 0 Å². The lowest BCUT2D eigenvalue weighted by molar-refractivity contribution is -0.123. The third kappa shape index (κ3) is 3.82. The molecule has 7 heteroatoms. The molecule has 2 N–H and O–H groups in total. The molecule has 6 nitrogen and oxygen atoms in total. The average Bonchev–Trinajstić information content (AvgIpc) is 2.69. The maximum Gasteiger partial charge on any atom is 0.270 e. The van der Waals surface area contributed by atoms with Crippen molar-refractivity contribution in [2.75, 3.05) is 10.0 Å². The van der Waals surface area contributed by atoms with Crippen LogP contribution in [0.5, 0.6) is 5.75 Å². The molecular weight excluding hydrogens is 388 g/mol. The topological polar surface area (TPSA) is 84.5 Å². The number of carbonyl (C=O) groups is 1. The van der Waals surface area contributed by atoms with Gasteiger partial charge in [0.1, 0.15) is 5.75 Å². The van der Waals surface area contributed by atoms with Crippen molar-refractivity contribution in [2.45, 2.75) is 24.8 Å². The van der Waals surface area contributed by atoms with E-state index in [-0.39, 0.29) is 10.8 Å². The smallest absolute Gasteiger partial charge is 0.270 e. The van der Waals surface area contributed by atoms with Crippen LogP contribution >= 0.6 is 0 Å². The van der Waals surface area contributed by atoms with Gasteiger partial charge < -0.3 is 10.1 Å². The van der Waals surface area contributed by atoms with E-state index >= 15 is 0 Å². The SMILES string of the molecule is Cc1ccc(S(=O)(=O)Nc2ccc3c(c2)NC(=O)C(c2ccccc2)O3)cc1C. The Hall–Kier alpha value is -3.32. The number of benzene rings is 3. The minimum Gasteiger partial charge on any atom is -0.474 e. The predicted octanol–water partition coefficient (Wildman–Crippen LogP) is 4.18. The second kappa shape index (κ2) is 7.25. The molecule has 1 aliphatic rings. The van der Waals surface area contributed by atoms with Crippen LogP contribution in [0, 0.1) is 13.8 Å². The van der Waals surface area contributed by atoms with E-state index in [1.807, 2.05) is 44.2 Å². The molecule has 148 valence electrons. The van der Waals surface area contributed by atoms with Crippen LogP contribution in [0.15, 0.2) is 71.6 Å². The summed E-state index contributed by atoms with van der Waals surface area (Å²) in [5.74, 6) is 0.172. The zero-order valence-corrected chi connectivity index (χ0v) is 16.8. The van der Waals surface area contributed by atoms with Gasteiger partial charge in [-0.1, -0.05) is 36.4 Å². The average molecular weight is 408 g/mol. The first-order valence-corrected chi connectivity index (χ1v) is 10.6. The quantitative estimate of drug-likeness (QED) is 0.678. The van der Waals surface area contributed by atoms with E-state index in [4.69, 9.17) is 4.74 Å². The fourth-order valence-electron chi connectivity index (χ4n) is 3.12. The monoisotopic (exact) mass is 408 g/mol. The number of rotatable bonds is 4. The summed E-state index contributed by atoms with van der Waals surface area (Å²) in [6.07, 6.45) is -0.748. The number of sulfonamides is 1. The highest BCUT2D eigenvalue weighted by Crippen LogP contribution is 2.37. The fourth-order valence-corrected chi connectivity index (χ4v) is 4.25. The molecule has 0 saturated heterocycles. The van der Waals surface area contributed by atoms with Crippen LogP contribution < -0.4 is 14.8 Å². The summed E-state index contributed by atoms with van der Waals surface area (Å²) in [6, 6.07) is 19.0. The number of nitrogens with one attached hydrogen (secondary N) is 2. The fraction of sp³-hybridized carbons (Fsp3) is 0.136. The summed E-state index contributed by atoms with van der Waals surface area (Å²) >= 11 is 0. The molecule has 0 bridgehead atoms. The number of anilines is 2. The van der Waals surface area contributed by atoms with Gasteiger partial charge in [-0.05, 0) is 55.3 Å². The minimum atomic E-state index is -3.75. The Morgan fingerprint density at radius 2 is 1.69 bits per heavy atom. The Labute approximate surface area is 169 Å².